The van der Waals surface area contributed by atoms with Gasteiger partial charge in [0.1, 0.15) is 11.6 Å². The maximum Gasteiger partial charge on any atom is 0.335 e. The first-order chi connectivity index (χ1) is 12.2. The number of anilines is 1. The molecule has 25 heavy (non-hydrogen) atoms. The highest BCUT2D eigenvalue weighted by Gasteiger charge is 2.06. The first kappa shape index (κ1) is 15.9. The van der Waals surface area contributed by atoms with Gasteiger partial charge in [-0.2, -0.15) is 10.5 Å². The number of nitriles is 1. The Morgan fingerprint density at radius 2 is 2.00 bits per heavy atom. The molecule has 0 aliphatic rings. The van der Waals surface area contributed by atoms with Gasteiger partial charge < -0.3 is 10.4 Å². The Bertz CT molecular complexity index is 956. The van der Waals surface area contributed by atoms with Gasteiger partial charge in [0.25, 0.3) is 0 Å². The number of aromatic amines is 1. The van der Waals surface area contributed by atoms with Crippen LogP contribution in [0.15, 0.2) is 54.7 Å². The number of hydrogen-bond acceptors (Lipinski definition) is 6. The molecule has 1 aromatic heterocycles. The number of H-pyrrole nitrogens is 1. The normalized spacial score (nSPS) is 10.9. The summed E-state index contributed by atoms with van der Waals surface area (Å²) in [5.74, 6) is -0.757. The Labute approximate surface area is 142 Å². The van der Waals surface area contributed by atoms with Crippen molar-refractivity contribution in [2.24, 2.45) is 0 Å². The minimum absolute atomic E-state index is 0.206. The van der Waals surface area contributed by atoms with Gasteiger partial charge in [-0.05, 0) is 40.6 Å². The van der Waals surface area contributed by atoms with Crippen molar-refractivity contribution >= 4 is 17.2 Å². The molecule has 3 aromatic rings. The smallest absolute Gasteiger partial charge is 0.335 e. The van der Waals surface area contributed by atoms with Gasteiger partial charge in [0.2, 0.25) is 5.82 Å². The zero-order chi connectivity index (χ0) is 17.6. The molecule has 0 atom stereocenters. The van der Waals surface area contributed by atoms with Gasteiger partial charge >= 0.3 is 5.97 Å². The molecule has 3 N–H and O–H groups in total. The molecule has 0 unspecified atom stereocenters. The molecule has 0 amide bonds. The molecular weight excluding hydrogens is 320 g/mol. The number of nitrogens with one attached hydrogen (secondary N) is 2. The van der Waals surface area contributed by atoms with Crippen LogP contribution in [0.5, 0.6) is 0 Å². The maximum atomic E-state index is 11.1. The Morgan fingerprint density at radius 1 is 1.20 bits per heavy atom. The van der Waals surface area contributed by atoms with Crippen molar-refractivity contribution < 1.29 is 9.90 Å². The number of benzene rings is 2. The van der Waals surface area contributed by atoms with Crippen molar-refractivity contribution in [2.45, 2.75) is 0 Å². The molecule has 0 fully saturated rings. The van der Waals surface area contributed by atoms with E-state index in [1.54, 1.807) is 18.2 Å². The number of aromatic carboxylic acids is 1. The molecule has 0 aliphatic heterocycles. The minimum Gasteiger partial charge on any atom is -0.478 e. The largest absolute Gasteiger partial charge is 0.478 e. The third kappa shape index (κ3) is 3.68. The van der Waals surface area contributed by atoms with Gasteiger partial charge in [-0.25, -0.2) is 4.79 Å². The van der Waals surface area contributed by atoms with E-state index in [1.807, 2.05) is 36.4 Å². The van der Waals surface area contributed by atoms with Crippen molar-refractivity contribution in [3.05, 3.63) is 66.1 Å². The number of allylic oxidation sites excluding steroid dienone is 1. The van der Waals surface area contributed by atoms with Crippen LogP contribution in [0, 0.1) is 11.3 Å². The van der Waals surface area contributed by atoms with Crippen molar-refractivity contribution in [1.29, 1.82) is 5.26 Å². The van der Waals surface area contributed by atoms with Gasteiger partial charge in [0, 0.05) is 11.9 Å². The lowest BCUT2D eigenvalue weighted by atomic mass is 10.0. The van der Waals surface area contributed by atoms with Crippen LogP contribution in [0.2, 0.25) is 0 Å². The lowest BCUT2D eigenvalue weighted by Crippen LogP contribution is -1.96. The topological polar surface area (TPSA) is 128 Å². The molecule has 122 valence electrons. The van der Waals surface area contributed by atoms with Crippen molar-refractivity contribution in [3.8, 4) is 17.2 Å². The van der Waals surface area contributed by atoms with Gasteiger partial charge in [-0.3, -0.25) is 0 Å². The highest BCUT2D eigenvalue weighted by Crippen LogP contribution is 2.23. The second kappa shape index (κ2) is 7.06. The van der Waals surface area contributed by atoms with Crippen LogP contribution in [-0.2, 0) is 0 Å². The number of tetrazole rings is 1. The van der Waals surface area contributed by atoms with E-state index in [2.05, 4.69) is 25.9 Å². The first-order valence-corrected chi connectivity index (χ1v) is 7.22. The average molecular weight is 332 g/mol. The molecule has 0 radical (unpaired) electrons. The predicted molar refractivity (Wildman–Crippen MR) is 90.2 cm³/mol. The van der Waals surface area contributed by atoms with Crippen molar-refractivity contribution in [2.75, 3.05) is 5.32 Å². The predicted octanol–water partition coefficient (Wildman–Crippen LogP) is 2.54. The average Bonchev–Trinajstić information content (AvgIpc) is 3.17. The summed E-state index contributed by atoms with van der Waals surface area (Å²) in [5, 5.41) is 34.4. The molecular formula is C17H12N6O2. The molecule has 0 saturated heterocycles. The first-order valence-electron chi connectivity index (χ1n) is 7.22. The summed E-state index contributed by atoms with van der Waals surface area (Å²) in [6.07, 6.45) is 1.49. The molecule has 0 aliphatic carbocycles. The molecule has 8 nitrogen and oxygen atoms in total. The zero-order valence-electron chi connectivity index (χ0n) is 12.8. The molecule has 8 heteroatoms. The van der Waals surface area contributed by atoms with Crippen molar-refractivity contribution in [1.82, 2.24) is 20.6 Å². The van der Waals surface area contributed by atoms with E-state index >= 15 is 0 Å². The van der Waals surface area contributed by atoms with Crippen LogP contribution < -0.4 is 5.32 Å². The standard InChI is InChI=1S/C17H12N6O2/c18-9-14(16-20-22-23-21-16)10-19-15-6-4-11(5-7-15)12-2-1-3-13(8-12)17(24)25/h1-8,10,19H,(H,24,25)(H,20,21,22,23). The quantitative estimate of drug-likeness (QED) is 0.612. The van der Waals surface area contributed by atoms with Crippen LogP contribution in [-0.4, -0.2) is 31.7 Å². The molecule has 0 bridgehead atoms. The van der Waals surface area contributed by atoms with Crippen molar-refractivity contribution in [3.63, 3.8) is 0 Å². The third-order valence-corrected chi connectivity index (χ3v) is 3.42. The molecule has 3 rings (SSSR count). The van der Waals surface area contributed by atoms with Gasteiger partial charge in [-0.15, -0.1) is 10.2 Å². The molecule has 1 heterocycles. The van der Waals surface area contributed by atoms with Gasteiger partial charge in [0.15, 0.2) is 0 Å². The van der Waals surface area contributed by atoms with Crippen LogP contribution in [0.4, 0.5) is 5.69 Å². The Morgan fingerprint density at radius 3 is 2.64 bits per heavy atom. The summed E-state index contributed by atoms with van der Waals surface area (Å²) >= 11 is 0. The van der Waals surface area contributed by atoms with E-state index < -0.39 is 5.97 Å². The summed E-state index contributed by atoms with van der Waals surface area (Å²) in [6.45, 7) is 0. The summed E-state index contributed by atoms with van der Waals surface area (Å²) in [4.78, 5) is 11.1. The van der Waals surface area contributed by atoms with Crippen LogP contribution in [0.25, 0.3) is 16.7 Å². The lowest BCUT2D eigenvalue weighted by Gasteiger charge is -2.06. The number of aromatic nitrogens is 4. The summed E-state index contributed by atoms with van der Waals surface area (Å²) in [5.41, 5.74) is 2.94. The number of nitrogens with zero attached hydrogens (tertiary/aromatic N) is 4. The molecule has 0 saturated carbocycles. The fraction of sp³-hybridized carbons (Fsp3) is 0. The van der Waals surface area contributed by atoms with Crippen LogP contribution in [0.3, 0.4) is 0 Å². The van der Waals surface area contributed by atoms with Gasteiger partial charge in [0.05, 0.1) is 5.56 Å². The lowest BCUT2D eigenvalue weighted by molar-refractivity contribution is 0.0697. The highest BCUT2D eigenvalue weighted by atomic mass is 16.4. The molecule has 0 spiro atoms. The fourth-order valence-corrected chi connectivity index (χ4v) is 2.17. The zero-order valence-corrected chi connectivity index (χ0v) is 12.8. The highest BCUT2D eigenvalue weighted by molar-refractivity contribution is 5.89. The van der Waals surface area contributed by atoms with E-state index in [4.69, 9.17) is 10.4 Å². The van der Waals surface area contributed by atoms with Gasteiger partial charge in [-0.1, -0.05) is 24.3 Å². The van der Waals surface area contributed by atoms with E-state index in [-0.39, 0.29) is 17.0 Å². The third-order valence-electron chi connectivity index (χ3n) is 3.42. The Kier molecular flexibility index (Phi) is 4.49. The van der Waals surface area contributed by atoms with E-state index in [9.17, 15) is 4.79 Å². The number of carboxylic acids is 1. The second-order valence-corrected chi connectivity index (χ2v) is 5.01. The summed E-state index contributed by atoms with van der Waals surface area (Å²) in [7, 11) is 0. The molecule has 2 aromatic carbocycles. The Balaban J connectivity index is 1.78. The van der Waals surface area contributed by atoms with E-state index in [1.165, 1.54) is 6.20 Å². The maximum absolute atomic E-state index is 11.1. The summed E-state index contributed by atoms with van der Waals surface area (Å²) in [6, 6.07) is 16.1. The number of carbonyl (C=O) groups is 1. The van der Waals surface area contributed by atoms with E-state index in [0.717, 1.165) is 16.8 Å². The number of carboxylic acid groups (broad SMARTS) is 1. The monoisotopic (exact) mass is 332 g/mol. The Hall–Kier alpha value is -3.99. The summed E-state index contributed by atoms with van der Waals surface area (Å²) < 4.78 is 0. The number of rotatable bonds is 5. The SMILES string of the molecule is N#CC(=CNc1ccc(-c2cccc(C(=O)O)c2)cc1)c1nn[nH]n1. The van der Waals surface area contributed by atoms with Crippen LogP contribution in [0.1, 0.15) is 16.2 Å². The van der Waals surface area contributed by atoms with E-state index in [0.29, 0.717) is 0 Å². The van der Waals surface area contributed by atoms with Crippen LogP contribution >= 0.6 is 0 Å². The fourth-order valence-electron chi connectivity index (χ4n) is 2.17. The number of hydrogen-bond donors (Lipinski definition) is 3. The minimum atomic E-state index is -0.962. The second-order valence-electron chi connectivity index (χ2n) is 5.01.